The summed E-state index contributed by atoms with van der Waals surface area (Å²) in [6.45, 7) is 5.28. The third-order valence-corrected chi connectivity index (χ3v) is 5.48. The van der Waals surface area contributed by atoms with Crippen molar-refractivity contribution in [1.82, 2.24) is 4.72 Å². The lowest BCUT2D eigenvalue weighted by Crippen LogP contribution is -2.33. The number of aryl methyl sites for hydroxylation is 1. The first-order valence-electron chi connectivity index (χ1n) is 7.18. The van der Waals surface area contributed by atoms with Crippen molar-refractivity contribution in [1.29, 1.82) is 0 Å². The Morgan fingerprint density at radius 1 is 1.29 bits per heavy atom. The van der Waals surface area contributed by atoms with E-state index in [0.717, 1.165) is 19.3 Å². The van der Waals surface area contributed by atoms with Gasteiger partial charge in [0.15, 0.2) is 0 Å². The number of carbonyl (C=O) groups excluding carboxylic acids is 1. The van der Waals surface area contributed by atoms with E-state index in [-0.39, 0.29) is 16.8 Å². The normalized spacial score (nSPS) is 22.2. The molecular weight excluding hydrogens is 288 g/mol. The summed E-state index contributed by atoms with van der Waals surface area (Å²) in [7, 11) is -3.56. The fourth-order valence-corrected chi connectivity index (χ4v) is 4.32. The van der Waals surface area contributed by atoms with Crippen molar-refractivity contribution in [3.05, 3.63) is 23.8 Å². The van der Waals surface area contributed by atoms with E-state index in [1.54, 1.807) is 19.1 Å². The number of hydrogen-bond donors (Lipinski definition) is 2. The standard InChI is InChI=1S/C15H22N2O3S/c1-10-4-6-14(8-10)17-21(19,20)15-9-13(16-12(3)18)7-5-11(15)2/h5,7,9-10,14,17H,4,6,8H2,1-3H3,(H,16,18). The molecule has 116 valence electrons. The molecule has 1 aromatic carbocycles. The lowest BCUT2D eigenvalue weighted by molar-refractivity contribution is -0.114. The van der Waals surface area contributed by atoms with Gasteiger partial charge in [0.05, 0.1) is 4.90 Å². The van der Waals surface area contributed by atoms with Gasteiger partial charge in [-0.15, -0.1) is 0 Å². The van der Waals surface area contributed by atoms with Gasteiger partial charge < -0.3 is 5.32 Å². The van der Waals surface area contributed by atoms with Crippen molar-refractivity contribution in [2.75, 3.05) is 5.32 Å². The first kappa shape index (κ1) is 16.0. The quantitative estimate of drug-likeness (QED) is 0.897. The van der Waals surface area contributed by atoms with Gasteiger partial charge in [0.1, 0.15) is 0 Å². The Morgan fingerprint density at radius 2 is 2.00 bits per heavy atom. The van der Waals surface area contributed by atoms with Gasteiger partial charge in [-0.3, -0.25) is 4.79 Å². The largest absolute Gasteiger partial charge is 0.326 e. The fourth-order valence-electron chi connectivity index (χ4n) is 2.77. The van der Waals surface area contributed by atoms with Crippen LogP contribution in [0.1, 0.15) is 38.7 Å². The zero-order valence-electron chi connectivity index (χ0n) is 12.6. The smallest absolute Gasteiger partial charge is 0.241 e. The molecule has 0 spiro atoms. The van der Waals surface area contributed by atoms with Crippen LogP contribution < -0.4 is 10.0 Å². The molecule has 0 aromatic heterocycles. The maximum atomic E-state index is 12.5. The predicted molar refractivity (Wildman–Crippen MR) is 82.6 cm³/mol. The summed E-state index contributed by atoms with van der Waals surface area (Å²) in [5, 5.41) is 2.61. The third kappa shape index (κ3) is 4.04. The Balaban J connectivity index is 2.24. The number of carbonyl (C=O) groups is 1. The third-order valence-electron chi connectivity index (χ3n) is 3.81. The minimum absolute atomic E-state index is 0.00817. The Kier molecular flexibility index (Phi) is 4.68. The van der Waals surface area contributed by atoms with Crippen molar-refractivity contribution in [2.24, 2.45) is 5.92 Å². The van der Waals surface area contributed by atoms with Crippen LogP contribution in [-0.2, 0) is 14.8 Å². The second kappa shape index (κ2) is 6.15. The molecule has 0 saturated heterocycles. The average Bonchev–Trinajstić information content (AvgIpc) is 2.75. The molecule has 5 nitrogen and oxygen atoms in total. The summed E-state index contributed by atoms with van der Waals surface area (Å²) in [6, 6.07) is 4.93. The molecule has 1 fully saturated rings. The SMILES string of the molecule is CC(=O)Nc1ccc(C)c(S(=O)(=O)NC2CCC(C)C2)c1. The van der Waals surface area contributed by atoms with Crippen LogP contribution in [0.2, 0.25) is 0 Å². The number of hydrogen-bond acceptors (Lipinski definition) is 3. The highest BCUT2D eigenvalue weighted by Gasteiger charge is 2.27. The molecule has 2 unspecified atom stereocenters. The molecule has 0 aliphatic heterocycles. The summed E-state index contributed by atoms with van der Waals surface area (Å²) in [6.07, 6.45) is 2.81. The molecular formula is C15H22N2O3S. The van der Waals surface area contributed by atoms with Gasteiger partial charge in [0.2, 0.25) is 15.9 Å². The van der Waals surface area contributed by atoms with Gasteiger partial charge in [-0.2, -0.15) is 0 Å². The Hall–Kier alpha value is -1.40. The van der Waals surface area contributed by atoms with Crippen molar-refractivity contribution in [2.45, 2.75) is 51.0 Å². The highest BCUT2D eigenvalue weighted by molar-refractivity contribution is 7.89. The highest BCUT2D eigenvalue weighted by atomic mass is 32.2. The topological polar surface area (TPSA) is 75.3 Å². The number of rotatable bonds is 4. The second-order valence-corrected chi connectivity index (χ2v) is 7.58. The monoisotopic (exact) mass is 310 g/mol. The Labute approximate surface area is 126 Å². The predicted octanol–water partition coefficient (Wildman–Crippen LogP) is 2.42. The Bertz CT molecular complexity index is 640. The fraction of sp³-hybridized carbons (Fsp3) is 0.533. The molecule has 2 rings (SSSR count). The molecule has 0 bridgehead atoms. The van der Waals surface area contributed by atoms with Gasteiger partial charge in [-0.05, 0) is 49.8 Å². The summed E-state index contributed by atoms with van der Waals surface area (Å²) in [4.78, 5) is 11.3. The number of nitrogens with one attached hydrogen (secondary N) is 2. The first-order valence-corrected chi connectivity index (χ1v) is 8.67. The Morgan fingerprint density at radius 3 is 2.57 bits per heavy atom. The number of anilines is 1. The number of sulfonamides is 1. The average molecular weight is 310 g/mol. The minimum atomic E-state index is -3.56. The summed E-state index contributed by atoms with van der Waals surface area (Å²) in [5.74, 6) is 0.337. The first-order chi connectivity index (χ1) is 9.78. The molecule has 0 heterocycles. The summed E-state index contributed by atoms with van der Waals surface area (Å²) >= 11 is 0. The van der Waals surface area contributed by atoms with Gasteiger partial charge in [0, 0.05) is 18.7 Å². The van der Waals surface area contributed by atoms with Crippen LogP contribution >= 0.6 is 0 Å². The maximum Gasteiger partial charge on any atom is 0.241 e. The highest BCUT2D eigenvalue weighted by Crippen LogP contribution is 2.27. The van der Waals surface area contributed by atoms with Crippen molar-refractivity contribution in [3.63, 3.8) is 0 Å². The van der Waals surface area contributed by atoms with Crippen LogP contribution in [0, 0.1) is 12.8 Å². The zero-order chi connectivity index (χ0) is 15.6. The van der Waals surface area contributed by atoms with E-state index in [1.807, 2.05) is 0 Å². The van der Waals surface area contributed by atoms with E-state index >= 15 is 0 Å². The molecule has 1 saturated carbocycles. The maximum absolute atomic E-state index is 12.5. The zero-order valence-corrected chi connectivity index (χ0v) is 13.5. The van der Waals surface area contributed by atoms with E-state index < -0.39 is 10.0 Å². The van der Waals surface area contributed by atoms with Gasteiger partial charge in [0.25, 0.3) is 0 Å². The summed E-state index contributed by atoms with van der Waals surface area (Å²) in [5.41, 5.74) is 1.16. The van der Waals surface area contributed by atoms with Crippen molar-refractivity contribution < 1.29 is 13.2 Å². The summed E-state index contributed by atoms with van der Waals surface area (Å²) < 4.78 is 27.8. The molecule has 6 heteroatoms. The van der Waals surface area contributed by atoms with Crippen molar-refractivity contribution >= 4 is 21.6 Å². The lowest BCUT2D eigenvalue weighted by Gasteiger charge is -2.15. The molecule has 0 radical (unpaired) electrons. The molecule has 1 aliphatic rings. The molecule has 2 atom stereocenters. The number of benzene rings is 1. The second-order valence-electron chi connectivity index (χ2n) is 5.90. The number of amides is 1. The van der Waals surface area contributed by atoms with Gasteiger partial charge >= 0.3 is 0 Å². The molecule has 2 N–H and O–H groups in total. The van der Waals surface area contributed by atoms with Crippen LogP contribution in [0.3, 0.4) is 0 Å². The molecule has 1 amide bonds. The van der Waals surface area contributed by atoms with E-state index in [2.05, 4.69) is 17.0 Å². The van der Waals surface area contributed by atoms with E-state index in [0.29, 0.717) is 17.2 Å². The van der Waals surface area contributed by atoms with Crippen molar-refractivity contribution in [3.8, 4) is 0 Å². The van der Waals surface area contributed by atoms with E-state index in [4.69, 9.17) is 0 Å². The van der Waals surface area contributed by atoms with Crippen LogP contribution in [-0.4, -0.2) is 20.4 Å². The molecule has 21 heavy (non-hydrogen) atoms. The molecule has 1 aromatic rings. The minimum Gasteiger partial charge on any atom is -0.326 e. The van der Waals surface area contributed by atoms with Crippen LogP contribution in [0.5, 0.6) is 0 Å². The lowest BCUT2D eigenvalue weighted by atomic mass is 10.1. The van der Waals surface area contributed by atoms with Crippen LogP contribution in [0.4, 0.5) is 5.69 Å². The van der Waals surface area contributed by atoms with Gasteiger partial charge in [-0.25, -0.2) is 13.1 Å². The molecule has 1 aliphatic carbocycles. The van der Waals surface area contributed by atoms with Crippen LogP contribution in [0.25, 0.3) is 0 Å². The van der Waals surface area contributed by atoms with E-state index in [1.165, 1.54) is 13.0 Å². The van der Waals surface area contributed by atoms with Crippen LogP contribution in [0.15, 0.2) is 23.1 Å². The van der Waals surface area contributed by atoms with E-state index in [9.17, 15) is 13.2 Å². The van der Waals surface area contributed by atoms with Gasteiger partial charge in [-0.1, -0.05) is 13.0 Å².